The maximum absolute atomic E-state index is 13.7. The number of alkyl halides is 3. The molecule has 4 atom stereocenters. The van der Waals surface area contributed by atoms with Crippen LogP contribution in [0, 0.1) is 5.92 Å². The van der Waals surface area contributed by atoms with E-state index >= 15 is 0 Å². The first-order valence-electron chi connectivity index (χ1n) is 11.0. The number of nitrogens with zero attached hydrogens (tertiary/aromatic N) is 2. The van der Waals surface area contributed by atoms with Gasteiger partial charge in [-0.05, 0) is 70.2 Å². The van der Waals surface area contributed by atoms with E-state index in [1.807, 2.05) is 0 Å². The molecule has 31 heavy (non-hydrogen) atoms. The monoisotopic (exact) mass is 439 g/mol. The number of carbonyl (C=O) groups excluding carboxylic acids is 2. The quantitative estimate of drug-likeness (QED) is 0.754. The SMILES string of the molecule is CC(C)N(C)[C@@H]1CC[C@H](N2CC[C@@H](c3c(C(N)=O)cccc3C(F)(F)F)C2=O)[C@H](C)C1. The lowest BCUT2D eigenvalue weighted by molar-refractivity contribution is -0.139. The van der Waals surface area contributed by atoms with Crippen molar-refractivity contribution < 1.29 is 22.8 Å². The number of hydrogen-bond donors (Lipinski definition) is 1. The molecule has 0 bridgehead atoms. The van der Waals surface area contributed by atoms with Crippen LogP contribution >= 0.6 is 0 Å². The summed E-state index contributed by atoms with van der Waals surface area (Å²) in [6.07, 6.45) is -1.69. The maximum atomic E-state index is 13.7. The number of amides is 2. The van der Waals surface area contributed by atoms with Gasteiger partial charge in [0.25, 0.3) is 0 Å². The number of likely N-dealkylation sites (tertiary alicyclic amines) is 1. The predicted molar refractivity (Wildman–Crippen MR) is 113 cm³/mol. The zero-order chi connectivity index (χ0) is 23.1. The van der Waals surface area contributed by atoms with Gasteiger partial charge in [0.1, 0.15) is 0 Å². The molecule has 1 saturated carbocycles. The summed E-state index contributed by atoms with van der Waals surface area (Å²) in [5.41, 5.74) is 3.94. The van der Waals surface area contributed by atoms with Crippen LogP contribution in [0.3, 0.4) is 0 Å². The Bertz CT molecular complexity index is 840. The molecule has 1 aliphatic heterocycles. The van der Waals surface area contributed by atoms with Gasteiger partial charge in [0.15, 0.2) is 0 Å². The molecule has 1 aromatic carbocycles. The van der Waals surface area contributed by atoms with Gasteiger partial charge in [0.05, 0.1) is 11.5 Å². The molecule has 2 N–H and O–H groups in total. The van der Waals surface area contributed by atoms with E-state index in [0.717, 1.165) is 31.4 Å². The normalized spacial score (nSPS) is 27.4. The van der Waals surface area contributed by atoms with E-state index in [1.165, 1.54) is 6.07 Å². The third kappa shape index (κ3) is 4.59. The zero-order valence-corrected chi connectivity index (χ0v) is 18.6. The van der Waals surface area contributed by atoms with E-state index in [0.29, 0.717) is 18.6 Å². The number of primary amides is 1. The van der Waals surface area contributed by atoms with E-state index in [4.69, 9.17) is 5.73 Å². The highest BCUT2D eigenvalue weighted by molar-refractivity contribution is 5.98. The minimum Gasteiger partial charge on any atom is -0.366 e. The molecule has 1 aliphatic carbocycles. The molecule has 0 radical (unpaired) electrons. The van der Waals surface area contributed by atoms with Crippen LogP contribution < -0.4 is 5.73 Å². The highest BCUT2D eigenvalue weighted by atomic mass is 19.4. The third-order valence-corrected chi connectivity index (χ3v) is 7.15. The summed E-state index contributed by atoms with van der Waals surface area (Å²) in [7, 11) is 2.11. The molecule has 0 unspecified atom stereocenters. The van der Waals surface area contributed by atoms with Crippen molar-refractivity contribution in [2.45, 2.75) is 76.7 Å². The fraction of sp³-hybridized carbons (Fsp3) is 0.652. The molecule has 1 aromatic rings. The van der Waals surface area contributed by atoms with Crippen LogP contribution in [0.5, 0.6) is 0 Å². The van der Waals surface area contributed by atoms with Crippen LogP contribution in [-0.2, 0) is 11.0 Å². The Kier molecular flexibility index (Phi) is 6.69. The van der Waals surface area contributed by atoms with Gasteiger partial charge in [-0.25, -0.2) is 0 Å². The number of benzene rings is 1. The number of carbonyl (C=O) groups is 2. The number of halogens is 3. The lowest BCUT2D eigenvalue weighted by Crippen LogP contribution is -2.49. The summed E-state index contributed by atoms with van der Waals surface area (Å²) >= 11 is 0. The van der Waals surface area contributed by atoms with Crippen LogP contribution in [0.1, 0.15) is 73.9 Å². The van der Waals surface area contributed by atoms with Crippen molar-refractivity contribution in [3.05, 3.63) is 34.9 Å². The molecule has 0 aromatic heterocycles. The molecule has 5 nitrogen and oxygen atoms in total. The Hall–Kier alpha value is -2.09. The van der Waals surface area contributed by atoms with Crippen LogP contribution in [0.2, 0.25) is 0 Å². The lowest BCUT2D eigenvalue weighted by atomic mass is 9.81. The second kappa shape index (κ2) is 8.81. The molecule has 1 heterocycles. The van der Waals surface area contributed by atoms with Crippen molar-refractivity contribution in [3.63, 3.8) is 0 Å². The van der Waals surface area contributed by atoms with E-state index in [9.17, 15) is 22.8 Å². The fourth-order valence-corrected chi connectivity index (χ4v) is 5.31. The number of hydrogen-bond acceptors (Lipinski definition) is 3. The van der Waals surface area contributed by atoms with Crippen molar-refractivity contribution in [2.75, 3.05) is 13.6 Å². The Labute approximate surface area is 181 Å². The Morgan fingerprint density at radius 2 is 1.90 bits per heavy atom. The molecule has 3 rings (SSSR count). The first kappa shape index (κ1) is 23.6. The molecular weight excluding hydrogens is 407 g/mol. The second-order valence-electron chi connectivity index (χ2n) is 9.27. The van der Waals surface area contributed by atoms with E-state index in [2.05, 4.69) is 32.7 Å². The summed E-state index contributed by atoms with van der Waals surface area (Å²) in [4.78, 5) is 29.3. The van der Waals surface area contributed by atoms with Gasteiger partial charge in [-0.3, -0.25) is 9.59 Å². The highest BCUT2D eigenvalue weighted by Gasteiger charge is 2.45. The predicted octanol–water partition coefficient (Wildman–Crippen LogP) is 4.02. The summed E-state index contributed by atoms with van der Waals surface area (Å²) < 4.78 is 41.1. The summed E-state index contributed by atoms with van der Waals surface area (Å²) in [6, 6.07) is 4.23. The second-order valence-corrected chi connectivity index (χ2v) is 9.27. The lowest BCUT2D eigenvalue weighted by Gasteiger charge is -2.43. The average Bonchev–Trinajstić information content (AvgIpc) is 3.06. The molecular formula is C23H32F3N3O2. The van der Waals surface area contributed by atoms with Gasteiger partial charge in [0, 0.05) is 30.2 Å². The van der Waals surface area contributed by atoms with Crippen LogP contribution in [0.4, 0.5) is 13.2 Å². The van der Waals surface area contributed by atoms with Gasteiger partial charge in [-0.1, -0.05) is 13.0 Å². The van der Waals surface area contributed by atoms with E-state index < -0.39 is 23.6 Å². The Morgan fingerprint density at radius 1 is 1.23 bits per heavy atom. The molecule has 8 heteroatoms. The molecule has 2 aliphatic rings. The van der Waals surface area contributed by atoms with Crippen molar-refractivity contribution in [1.29, 1.82) is 0 Å². The summed E-state index contributed by atoms with van der Waals surface area (Å²) in [5, 5.41) is 0. The summed E-state index contributed by atoms with van der Waals surface area (Å²) in [5.74, 6) is -2.02. The number of nitrogens with two attached hydrogens (primary N) is 1. The molecule has 1 saturated heterocycles. The summed E-state index contributed by atoms with van der Waals surface area (Å²) in [6.45, 7) is 6.82. The van der Waals surface area contributed by atoms with Gasteiger partial charge in [0.2, 0.25) is 11.8 Å². The van der Waals surface area contributed by atoms with Gasteiger partial charge in [-0.15, -0.1) is 0 Å². The molecule has 2 amide bonds. The van der Waals surface area contributed by atoms with Crippen LogP contribution in [-0.4, -0.2) is 53.3 Å². The Morgan fingerprint density at radius 3 is 2.45 bits per heavy atom. The molecule has 172 valence electrons. The van der Waals surface area contributed by atoms with Crippen molar-refractivity contribution >= 4 is 11.8 Å². The Balaban J connectivity index is 1.85. The smallest absolute Gasteiger partial charge is 0.366 e. The minimum atomic E-state index is -4.67. The standard InChI is InChI=1S/C23H32F3N3O2/c1-13(2)28(4)15-8-9-19(14(3)12-15)29-11-10-17(22(29)31)20-16(21(27)30)6-5-7-18(20)23(24,25)26/h5-7,13-15,17,19H,8-12H2,1-4H3,(H2,27,30)/t14-,15-,17+,19+/m1/s1. The minimum absolute atomic E-state index is 0.00406. The molecule has 0 spiro atoms. The number of rotatable bonds is 5. The van der Waals surface area contributed by atoms with Gasteiger partial charge >= 0.3 is 6.18 Å². The van der Waals surface area contributed by atoms with Crippen LogP contribution in [0.15, 0.2) is 18.2 Å². The largest absolute Gasteiger partial charge is 0.416 e. The van der Waals surface area contributed by atoms with E-state index in [1.54, 1.807) is 4.90 Å². The first-order chi connectivity index (χ1) is 14.4. The average molecular weight is 440 g/mol. The van der Waals surface area contributed by atoms with Crippen molar-refractivity contribution in [2.24, 2.45) is 11.7 Å². The van der Waals surface area contributed by atoms with Gasteiger partial charge in [-0.2, -0.15) is 13.2 Å². The van der Waals surface area contributed by atoms with Crippen molar-refractivity contribution in [1.82, 2.24) is 9.80 Å². The van der Waals surface area contributed by atoms with E-state index in [-0.39, 0.29) is 35.4 Å². The topological polar surface area (TPSA) is 66.6 Å². The van der Waals surface area contributed by atoms with Crippen molar-refractivity contribution in [3.8, 4) is 0 Å². The maximum Gasteiger partial charge on any atom is 0.416 e. The van der Waals surface area contributed by atoms with Gasteiger partial charge < -0.3 is 15.5 Å². The third-order valence-electron chi connectivity index (χ3n) is 7.15. The molecule has 2 fully saturated rings. The fourth-order valence-electron chi connectivity index (χ4n) is 5.31. The highest BCUT2D eigenvalue weighted by Crippen LogP contribution is 2.43. The van der Waals surface area contributed by atoms with Crippen LogP contribution in [0.25, 0.3) is 0 Å². The first-order valence-corrected chi connectivity index (χ1v) is 11.0. The zero-order valence-electron chi connectivity index (χ0n) is 18.6.